The molecule has 0 aromatic heterocycles. The first-order valence-corrected chi connectivity index (χ1v) is 2.84. The van der Waals surface area contributed by atoms with Crippen LogP contribution in [0.25, 0.3) is 0 Å². The van der Waals surface area contributed by atoms with Crippen LogP contribution in [0.4, 0.5) is 0 Å². The van der Waals surface area contributed by atoms with Crippen molar-refractivity contribution < 1.29 is 0 Å². The summed E-state index contributed by atoms with van der Waals surface area (Å²) in [7, 11) is 0. The van der Waals surface area contributed by atoms with Crippen LogP contribution in [0.2, 0.25) is 0 Å². The summed E-state index contributed by atoms with van der Waals surface area (Å²) in [4.78, 5) is 0. The third-order valence-corrected chi connectivity index (χ3v) is 1.00. The van der Waals surface area contributed by atoms with Crippen molar-refractivity contribution in [1.29, 1.82) is 0 Å². The Balaban J connectivity index is 2.17. The molecule has 0 saturated carbocycles. The van der Waals surface area contributed by atoms with Crippen LogP contribution in [-0.2, 0) is 0 Å². The fourth-order valence-corrected chi connectivity index (χ4v) is 0.588. The van der Waals surface area contributed by atoms with E-state index in [0.717, 1.165) is 19.5 Å². The first-order chi connectivity index (χ1) is 4.00. The van der Waals surface area contributed by atoms with Gasteiger partial charge in [0.25, 0.3) is 0 Å². The van der Waals surface area contributed by atoms with Crippen LogP contribution < -0.4 is 10.6 Å². The first-order valence-electron chi connectivity index (χ1n) is 2.84. The minimum absolute atomic E-state index is 0.838. The summed E-state index contributed by atoms with van der Waals surface area (Å²) in [5, 5.41) is 6.06. The second kappa shape index (κ2) is 3.50. The SMILES string of the molecule is [C]1CNCC/C=C\N1. The second-order valence-electron chi connectivity index (χ2n) is 1.69. The molecule has 1 aliphatic rings. The summed E-state index contributed by atoms with van der Waals surface area (Å²) in [6, 6.07) is 0. The topological polar surface area (TPSA) is 24.1 Å². The summed E-state index contributed by atoms with van der Waals surface area (Å²) in [6.07, 6.45) is 5.11. The third-order valence-electron chi connectivity index (χ3n) is 1.00. The van der Waals surface area contributed by atoms with Gasteiger partial charge >= 0.3 is 0 Å². The Hall–Kier alpha value is -0.500. The zero-order valence-electron chi connectivity index (χ0n) is 4.78. The Morgan fingerprint density at radius 1 is 1.50 bits per heavy atom. The Bertz CT molecular complexity index is 68.6. The second-order valence-corrected chi connectivity index (χ2v) is 1.69. The highest BCUT2D eigenvalue weighted by molar-refractivity contribution is 4.86. The average molecular weight is 110 g/mol. The van der Waals surface area contributed by atoms with Crippen LogP contribution in [0.3, 0.4) is 0 Å². The zero-order valence-corrected chi connectivity index (χ0v) is 4.78. The number of rotatable bonds is 0. The van der Waals surface area contributed by atoms with Crippen molar-refractivity contribution in [2.45, 2.75) is 6.42 Å². The minimum Gasteiger partial charge on any atom is -0.380 e. The lowest BCUT2D eigenvalue weighted by molar-refractivity contribution is 0.698. The number of nitrogens with one attached hydrogen (secondary N) is 2. The Morgan fingerprint density at radius 2 is 2.50 bits per heavy atom. The smallest absolute Gasteiger partial charge is 0.103 e. The van der Waals surface area contributed by atoms with Crippen LogP contribution in [0.1, 0.15) is 6.42 Å². The Labute approximate surface area is 50.0 Å². The van der Waals surface area contributed by atoms with Crippen LogP contribution in [0.5, 0.6) is 0 Å². The van der Waals surface area contributed by atoms with Crippen molar-refractivity contribution in [2.24, 2.45) is 0 Å². The molecule has 0 saturated heterocycles. The molecule has 0 unspecified atom stereocenters. The van der Waals surface area contributed by atoms with E-state index in [2.05, 4.69) is 23.3 Å². The van der Waals surface area contributed by atoms with E-state index < -0.39 is 0 Å². The van der Waals surface area contributed by atoms with Gasteiger partial charge in [-0.15, -0.1) is 0 Å². The fourth-order valence-electron chi connectivity index (χ4n) is 0.588. The quantitative estimate of drug-likeness (QED) is 0.463. The molecule has 2 nitrogen and oxygen atoms in total. The van der Waals surface area contributed by atoms with Gasteiger partial charge in [0.05, 0.1) is 0 Å². The van der Waals surface area contributed by atoms with Crippen molar-refractivity contribution in [3.05, 3.63) is 18.8 Å². The van der Waals surface area contributed by atoms with Gasteiger partial charge < -0.3 is 10.6 Å². The summed E-state index contributed by atoms with van der Waals surface area (Å²) >= 11 is 0. The average Bonchev–Trinajstić information content (AvgIpc) is 1.62. The lowest BCUT2D eigenvalue weighted by Crippen LogP contribution is -2.22. The Morgan fingerprint density at radius 3 is 3.50 bits per heavy atom. The van der Waals surface area contributed by atoms with Crippen LogP contribution in [-0.4, -0.2) is 13.1 Å². The summed E-state index contributed by atoms with van der Waals surface area (Å²) in [5.41, 5.74) is 0. The van der Waals surface area contributed by atoms with E-state index in [4.69, 9.17) is 0 Å². The molecular formula is C6H10N2. The molecule has 1 rings (SSSR count). The molecule has 0 aromatic carbocycles. The molecule has 8 heavy (non-hydrogen) atoms. The molecule has 0 spiro atoms. The molecule has 2 N–H and O–H groups in total. The van der Waals surface area contributed by atoms with Gasteiger partial charge in [-0.1, -0.05) is 6.08 Å². The van der Waals surface area contributed by atoms with E-state index in [1.54, 1.807) is 0 Å². The van der Waals surface area contributed by atoms with Crippen LogP contribution in [0, 0.1) is 6.54 Å². The van der Waals surface area contributed by atoms with E-state index in [-0.39, 0.29) is 0 Å². The zero-order chi connectivity index (χ0) is 5.66. The maximum absolute atomic E-state index is 3.16. The van der Waals surface area contributed by atoms with E-state index in [9.17, 15) is 0 Å². The van der Waals surface area contributed by atoms with Crippen molar-refractivity contribution >= 4 is 0 Å². The van der Waals surface area contributed by atoms with E-state index in [0.29, 0.717) is 0 Å². The standard InChI is InChI=1S/C6H10N2/c1-2-4-8-6-5-7-3-1/h1,3,7-8H,2,4,6H2/b3-1-. The predicted octanol–water partition coefficient (Wildman–Crippen LogP) is 0.122. The van der Waals surface area contributed by atoms with E-state index in [1.807, 2.05) is 6.20 Å². The molecular weight excluding hydrogens is 100 g/mol. The van der Waals surface area contributed by atoms with Gasteiger partial charge in [-0.3, -0.25) is 0 Å². The van der Waals surface area contributed by atoms with E-state index in [1.165, 1.54) is 0 Å². The van der Waals surface area contributed by atoms with Gasteiger partial charge in [-0.2, -0.15) is 0 Å². The molecule has 0 aromatic rings. The Kier molecular flexibility index (Phi) is 2.46. The first kappa shape index (κ1) is 5.63. The van der Waals surface area contributed by atoms with Gasteiger partial charge in [0.1, 0.15) is 6.54 Å². The summed E-state index contributed by atoms with van der Waals surface area (Å²) in [5.74, 6) is 0. The van der Waals surface area contributed by atoms with Crippen molar-refractivity contribution in [1.82, 2.24) is 10.6 Å². The highest BCUT2D eigenvalue weighted by atomic mass is 14.9. The normalized spacial score (nSPS) is 25.0. The lowest BCUT2D eigenvalue weighted by Gasteiger charge is -2.04. The molecule has 2 radical (unpaired) electrons. The third kappa shape index (κ3) is 1.98. The molecule has 0 atom stereocenters. The molecule has 0 bridgehead atoms. The molecule has 0 fully saturated rings. The highest BCUT2D eigenvalue weighted by Crippen LogP contribution is 1.82. The van der Waals surface area contributed by atoms with Crippen LogP contribution >= 0.6 is 0 Å². The molecule has 44 valence electrons. The molecule has 1 aliphatic heterocycles. The van der Waals surface area contributed by atoms with Crippen molar-refractivity contribution in [3.63, 3.8) is 0 Å². The highest BCUT2D eigenvalue weighted by Gasteiger charge is 1.87. The molecule has 1 heterocycles. The van der Waals surface area contributed by atoms with Gasteiger partial charge in [0, 0.05) is 6.54 Å². The molecule has 0 amide bonds. The minimum atomic E-state index is 0.838. The number of hydrogen-bond donors (Lipinski definition) is 2. The van der Waals surface area contributed by atoms with Crippen molar-refractivity contribution in [2.75, 3.05) is 13.1 Å². The van der Waals surface area contributed by atoms with Gasteiger partial charge in [0.2, 0.25) is 0 Å². The molecule has 0 aliphatic carbocycles. The number of hydrogen-bond acceptors (Lipinski definition) is 2. The van der Waals surface area contributed by atoms with Crippen LogP contribution in [0.15, 0.2) is 12.3 Å². The maximum Gasteiger partial charge on any atom is 0.103 e. The lowest BCUT2D eigenvalue weighted by atomic mass is 10.4. The van der Waals surface area contributed by atoms with Gasteiger partial charge in [-0.05, 0) is 19.2 Å². The molecule has 2 heteroatoms. The summed E-state index contributed by atoms with van der Waals surface area (Å²) < 4.78 is 0. The van der Waals surface area contributed by atoms with Gasteiger partial charge in [-0.25, -0.2) is 0 Å². The monoisotopic (exact) mass is 110 g/mol. The van der Waals surface area contributed by atoms with Crippen molar-refractivity contribution in [3.8, 4) is 0 Å². The predicted molar refractivity (Wildman–Crippen MR) is 33.0 cm³/mol. The fraction of sp³-hybridized carbons (Fsp3) is 0.500. The van der Waals surface area contributed by atoms with Gasteiger partial charge in [0.15, 0.2) is 0 Å². The largest absolute Gasteiger partial charge is 0.380 e. The maximum atomic E-state index is 3.16. The summed E-state index contributed by atoms with van der Waals surface area (Å²) in [6.45, 7) is 4.84. The van der Waals surface area contributed by atoms with E-state index >= 15 is 0 Å².